The predicted molar refractivity (Wildman–Crippen MR) is 73.2 cm³/mol. The van der Waals surface area contributed by atoms with Crippen LogP contribution in [0.1, 0.15) is 45.5 Å². The van der Waals surface area contributed by atoms with Crippen LogP contribution < -0.4 is 5.43 Å². The van der Waals surface area contributed by atoms with E-state index in [9.17, 15) is 9.59 Å². The number of hydrogen-bond donors (Lipinski definition) is 1. The van der Waals surface area contributed by atoms with E-state index in [2.05, 4.69) is 5.43 Å². The number of carbonyl (C=O) groups excluding carboxylic acids is 2. The first-order valence-electron chi connectivity index (χ1n) is 6.53. The summed E-state index contributed by atoms with van der Waals surface area (Å²) >= 11 is 1.16. The normalized spacial score (nSPS) is 16.1. The molecule has 0 aromatic carbocycles. The lowest BCUT2D eigenvalue weighted by atomic mass is 10.2. The van der Waals surface area contributed by atoms with Crippen molar-refractivity contribution < 1.29 is 14.3 Å². The fraction of sp³-hybridized carbons (Fsp3) is 0.538. The molecule has 0 aliphatic carbocycles. The highest BCUT2D eigenvalue weighted by Gasteiger charge is 2.17. The van der Waals surface area contributed by atoms with E-state index in [1.165, 1.54) is 6.42 Å². The summed E-state index contributed by atoms with van der Waals surface area (Å²) in [4.78, 5) is 24.5. The van der Waals surface area contributed by atoms with Crippen LogP contribution in [0.2, 0.25) is 0 Å². The zero-order valence-corrected chi connectivity index (χ0v) is 11.8. The number of hydrazine groups is 1. The van der Waals surface area contributed by atoms with Crippen LogP contribution in [0.3, 0.4) is 0 Å². The largest absolute Gasteiger partial charge is 0.462 e. The average Bonchev–Trinajstić information content (AvgIpc) is 2.90. The van der Waals surface area contributed by atoms with Crippen LogP contribution in [0, 0.1) is 0 Å². The molecule has 2 heterocycles. The molecule has 6 heteroatoms. The first-order valence-corrected chi connectivity index (χ1v) is 7.35. The fourth-order valence-electron chi connectivity index (χ4n) is 1.98. The first kappa shape index (κ1) is 14.0. The topological polar surface area (TPSA) is 58.6 Å². The Bertz CT molecular complexity index is 452. The molecule has 104 valence electrons. The molecule has 1 amide bonds. The number of rotatable bonds is 4. The van der Waals surface area contributed by atoms with Gasteiger partial charge in [0.25, 0.3) is 5.91 Å². The molecule has 1 aromatic heterocycles. The van der Waals surface area contributed by atoms with Gasteiger partial charge in [0.2, 0.25) is 0 Å². The molecule has 1 N–H and O–H groups in total. The van der Waals surface area contributed by atoms with Gasteiger partial charge >= 0.3 is 5.97 Å². The number of thiophene rings is 1. The zero-order valence-electron chi connectivity index (χ0n) is 11.0. The van der Waals surface area contributed by atoms with Crippen LogP contribution in [0.25, 0.3) is 0 Å². The average molecular weight is 282 g/mol. The van der Waals surface area contributed by atoms with Gasteiger partial charge in [0.15, 0.2) is 0 Å². The summed E-state index contributed by atoms with van der Waals surface area (Å²) in [6.07, 6.45) is 3.44. The molecule has 1 fully saturated rings. The van der Waals surface area contributed by atoms with Crippen LogP contribution in [-0.2, 0) is 4.74 Å². The lowest BCUT2D eigenvalue weighted by Gasteiger charge is -2.26. The maximum atomic E-state index is 12.0. The third-order valence-electron chi connectivity index (χ3n) is 2.92. The van der Waals surface area contributed by atoms with Crippen molar-refractivity contribution in [2.24, 2.45) is 0 Å². The van der Waals surface area contributed by atoms with Crippen LogP contribution in [0.4, 0.5) is 0 Å². The van der Waals surface area contributed by atoms with E-state index in [4.69, 9.17) is 4.74 Å². The number of amides is 1. The van der Waals surface area contributed by atoms with E-state index in [-0.39, 0.29) is 11.9 Å². The molecule has 0 unspecified atom stereocenters. The molecule has 1 aromatic rings. The predicted octanol–water partition coefficient (Wildman–Crippen LogP) is 2.06. The lowest BCUT2D eigenvalue weighted by molar-refractivity contribution is 0.0532. The van der Waals surface area contributed by atoms with Gasteiger partial charge in [-0.1, -0.05) is 6.42 Å². The van der Waals surface area contributed by atoms with Crippen molar-refractivity contribution in [2.75, 3.05) is 19.7 Å². The smallest absolute Gasteiger partial charge is 0.348 e. The SMILES string of the molecule is CCOC(=O)c1ccc(C(=O)NN2CCCCC2)s1. The number of nitrogens with zero attached hydrogens (tertiary/aromatic N) is 1. The minimum atomic E-state index is -0.371. The van der Waals surface area contributed by atoms with Crippen molar-refractivity contribution in [1.82, 2.24) is 10.4 Å². The van der Waals surface area contributed by atoms with Crippen molar-refractivity contribution in [3.8, 4) is 0 Å². The molecule has 0 radical (unpaired) electrons. The molecule has 2 rings (SSSR count). The Labute approximate surface area is 116 Å². The number of esters is 1. The fourth-order valence-corrected chi connectivity index (χ4v) is 2.77. The Morgan fingerprint density at radius 2 is 1.95 bits per heavy atom. The highest BCUT2D eigenvalue weighted by atomic mass is 32.1. The molecule has 0 atom stereocenters. The third kappa shape index (κ3) is 3.78. The van der Waals surface area contributed by atoms with Gasteiger partial charge in [0.05, 0.1) is 11.5 Å². The van der Waals surface area contributed by atoms with Crippen LogP contribution in [0.15, 0.2) is 12.1 Å². The molecule has 19 heavy (non-hydrogen) atoms. The van der Waals surface area contributed by atoms with Gasteiger partial charge in [0, 0.05) is 13.1 Å². The minimum Gasteiger partial charge on any atom is -0.462 e. The number of nitrogens with one attached hydrogen (secondary N) is 1. The quantitative estimate of drug-likeness (QED) is 0.859. The van der Waals surface area contributed by atoms with E-state index in [0.29, 0.717) is 16.4 Å². The second-order valence-corrected chi connectivity index (χ2v) is 5.46. The standard InChI is InChI=1S/C13H18N2O3S/c1-2-18-13(17)11-7-6-10(19-11)12(16)14-15-8-4-3-5-9-15/h6-7H,2-5,8-9H2,1H3,(H,14,16). The minimum absolute atomic E-state index is 0.151. The Morgan fingerprint density at radius 1 is 1.26 bits per heavy atom. The second-order valence-electron chi connectivity index (χ2n) is 4.37. The van der Waals surface area contributed by atoms with Gasteiger partial charge in [-0.25, -0.2) is 9.80 Å². The summed E-state index contributed by atoms with van der Waals surface area (Å²) in [5, 5.41) is 1.94. The Kier molecular flexibility index (Phi) is 4.93. The van der Waals surface area contributed by atoms with Gasteiger partial charge in [-0.2, -0.15) is 0 Å². The molecule has 1 aliphatic heterocycles. The third-order valence-corrected chi connectivity index (χ3v) is 3.99. The maximum Gasteiger partial charge on any atom is 0.348 e. The van der Waals surface area contributed by atoms with Crippen LogP contribution >= 0.6 is 11.3 Å². The summed E-state index contributed by atoms with van der Waals surface area (Å²) < 4.78 is 4.90. The molecule has 0 saturated carbocycles. The van der Waals surface area contributed by atoms with Crippen molar-refractivity contribution in [3.63, 3.8) is 0 Å². The summed E-state index contributed by atoms with van der Waals surface area (Å²) in [7, 11) is 0. The number of hydrogen-bond acceptors (Lipinski definition) is 5. The monoisotopic (exact) mass is 282 g/mol. The second kappa shape index (κ2) is 6.68. The van der Waals surface area contributed by atoms with Gasteiger partial charge < -0.3 is 4.74 Å². The molecule has 5 nitrogen and oxygen atoms in total. The Hall–Kier alpha value is -1.40. The molecule has 1 aliphatic rings. The van der Waals surface area contributed by atoms with Gasteiger partial charge in [-0.05, 0) is 31.9 Å². The van der Waals surface area contributed by atoms with Crippen molar-refractivity contribution in [3.05, 3.63) is 21.9 Å². The van der Waals surface area contributed by atoms with Gasteiger partial charge in [0.1, 0.15) is 4.88 Å². The summed E-state index contributed by atoms with van der Waals surface area (Å²) in [5.41, 5.74) is 2.87. The van der Waals surface area contributed by atoms with Gasteiger partial charge in [-0.3, -0.25) is 10.2 Å². The Balaban J connectivity index is 1.93. The van der Waals surface area contributed by atoms with Crippen molar-refractivity contribution in [2.45, 2.75) is 26.2 Å². The molecule has 0 spiro atoms. The summed E-state index contributed by atoms with van der Waals surface area (Å²) in [6.45, 7) is 3.88. The molecular weight excluding hydrogens is 264 g/mol. The Morgan fingerprint density at radius 3 is 2.63 bits per heavy atom. The van der Waals surface area contributed by atoms with Crippen molar-refractivity contribution in [1.29, 1.82) is 0 Å². The summed E-state index contributed by atoms with van der Waals surface area (Å²) in [5.74, 6) is -0.521. The van der Waals surface area contributed by atoms with Crippen LogP contribution in [0.5, 0.6) is 0 Å². The molecule has 0 bridgehead atoms. The van der Waals surface area contributed by atoms with Gasteiger partial charge in [-0.15, -0.1) is 11.3 Å². The van der Waals surface area contributed by atoms with E-state index < -0.39 is 0 Å². The summed E-state index contributed by atoms with van der Waals surface area (Å²) in [6, 6.07) is 3.30. The van der Waals surface area contributed by atoms with Crippen LogP contribution in [-0.4, -0.2) is 36.6 Å². The molecular formula is C13H18N2O3S. The van der Waals surface area contributed by atoms with E-state index in [1.807, 2.05) is 5.01 Å². The number of carbonyl (C=O) groups is 2. The first-order chi connectivity index (χ1) is 9.20. The van der Waals surface area contributed by atoms with E-state index in [0.717, 1.165) is 37.3 Å². The number of piperidine rings is 1. The highest BCUT2D eigenvalue weighted by Crippen LogP contribution is 2.18. The maximum absolute atomic E-state index is 12.0. The zero-order chi connectivity index (χ0) is 13.7. The molecule has 1 saturated heterocycles. The lowest BCUT2D eigenvalue weighted by Crippen LogP contribution is -2.44. The van der Waals surface area contributed by atoms with E-state index >= 15 is 0 Å². The number of ether oxygens (including phenoxy) is 1. The van der Waals surface area contributed by atoms with Crippen molar-refractivity contribution >= 4 is 23.2 Å². The van der Waals surface area contributed by atoms with E-state index in [1.54, 1.807) is 19.1 Å². The highest BCUT2D eigenvalue weighted by molar-refractivity contribution is 7.15.